The van der Waals surface area contributed by atoms with Gasteiger partial charge in [-0.1, -0.05) is 48.5 Å². The number of nitrogens with two attached hydrogens (primary N) is 1. The zero-order chi connectivity index (χ0) is 18.5. The second-order valence-electron chi connectivity index (χ2n) is 5.53. The maximum atomic E-state index is 13.0. The molecule has 0 saturated heterocycles. The number of nitrogen functional groups attached to an aromatic ring is 1. The van der Waals surface area contributed by atoms with Crippen LogP contribution in [0.3, 0.4) is 0 Å². The highest BCUT2D eigenvalue weighted by molar-refractivity contribution is 7.90. The monoisotopic (exact) mass is 372 g/mol. The van der Waals surface area contributed by atoms with Gasteiger partial charge in [-0.25, -0.2) is 8.42 Å². The molecule has 0 aliphatic rings. The molecule has 0 amide bonds. The van der Waals surface area contributed by atoms with Crippen LogP contribution < -0.4 is 5.73 Å². The SMILES string of the molecule is Nc1ccccc1CCN(CCc1ccccc1)S(=O)(=O)C(F)(F)F. The molecule has 4 nitrogen and oxygen atoms in total. The first kappa shape index (κ1) is 19.3. The van der Waals surface area contributed by atoms with E-state index in [2.05, 4.69) is 0 Å². The van der Waals surface area contributed by atoms with E-state index in [9.17, 15) is 21.6 Å². The Kier molecular flexibility index (Phi) is 6.07. The van der Waals surface area contributed by atoms with Crippen molar-refractivity contribution < 1.29 is 21.6 Å². The van der Waals surface area contributed by atoms with Crippen LogP contribution in [0.5, 0.6) is 0 Å². The fourth-order valence-corrected chi connectivity index (χ4v) is 3.36. The number of alkyl halides is 3. The van der Waals surface area contributed by atoms with Crippen molar-refractivity contribution in [1.29, 1.82) is 0 Å². The molecule has 2 rings (SSSR count). The van der Waals surface area contributed by atoms with Gasteiger partial charge in [-0.3, -0.25) is 0 Å². The molecular formula is C17H19F3N2O2S. The van der Waals surface area contributed by atoms with Crippen LogP contribution in [0.4, 0.5) is 18.9 Å². The van der Waals surface area contributed by atoms with Crippen molar-refractivity contribution in [3.63, 3.8) is 0 Å². The van der Waals surface area contributed by atoms with E-state index in [1.165, 1.54) is 0 Å². The molecule has 0 saturated carbocycles. The zero-order valence-electron chi connectivity index (χ0n) is 13.4. The van der Waals surface area contributed by atoms with Gasteiger partial charge in [0, 0.05) is 18.8 Å². The number of nitrogens with zero attached hydrogens (tertiary/aromatic N) is 1. The average molecular weight is 372 g/mol. The maximum Gasteiger partial charge on any atom is 0.511 e. The first-order valence-electron chi connectivity index (χ1n) is 7.65. The minimum Gasteiger partial charge on any atom is -0.399 e. The second-order valence-corrected chi connectivity index (χ2v) is 7.46. The van der Waals surface area contributed by atoms with Crippen molar-refractivity contribution in [2.24, 2.45) is 0 Å². The van der Waals surface area contributed by atoms with Gasteiger partial charge in [0.25, 0.3) is 0 Å². The Labute approximate surface area is 145 Å². The molecule has 0 aliphatic carbocycles. The summed E-state index contributed by atoms with van der Waals surface area (Å²) in [5.74, 6) is 0. The van der Waals surface area contributed by atoms with Gasteiger partial charge in [-0.05, 0) is 30.0 Å². The summed E-state index contributed by atoms with van der Waals surface area (Å²) in [4.78, 5) is 0. The highest BCUT2D eigenvalue weighted by atomic mass is 32.2. The molecule has 2 aromatic carbocycles. The van der Waals surface area contributed by atoms with Crippen molar-refractivity contribution in [2.75, 3.05) is 18.8 Å². The van der Waals surface area contributed by atoms with Crippen LogP contribution in [0.1, 0.15) is 11.1 Å². The summed E-state index contributed by atoms with van der Waals surface area (Å²) >= 11 is 0. The minimum absolute atomic E-state index is 0.108. The van der Waals surface area contributed by atoms with E-state index in [1.54, 1.807) is 54.6 Å². The Hall–Kier alpha value is -2.06. The Morgan fingerprint density at radius 3 is 2.04 bits per heavy atom. The average Bonchev–Trinajstić information content (AvgIpc) is 2.56. The quantitative estimate of drug-likeness (QED) is 0.759. The lowest BCUT2D eigenvalue weighted by Crippen LogP contribution is -2.42. The topological polar surface area (TPSA) is 63.4 Å². The number of halogens is 3. The summed E-state index contributed by atoms with van der Waals surface area (Å²) in [6, 6.07) is 15.5. The molecule has 2 N–H and O–H groups in total. The van der Waals surface area contributed by atoms with E-state index in [0.29, 0.717) is 15.6 Å². The van der Waals surface area contributed by atoms with E-state index in [0.717, 1.165) is 5.56 Å². The van der Waals surface area contributed by atoms with Crippen LogP contribution in [0, 0.1) is 0 Å². The lowest BCUT2D eigenvalue weighted by Gasteiger charge is -2.23. The number of rotatable bonds is 7. The molecular weight excluding hydrogens is 353 g/mol. The van der Waals surface area contributed by atoms with Gasteiger partial charge in [-0.15, -0.1) is 0 Å². The predicted molar refractivity (Wildman–Crippen MR) is 91.3 cm³/mol. The van der Waals surface area contributed by atoms with Gasteiger partial charge in [0.1, 0.15) is 0 Å². The predicted octanol–water partition coefficient (Wildman–Crippen LogP) is 3.21. The summed E-state index contributed by atoms with van der Waals surface area (Å²) in [5.41, 5.74) is 2.26. The third kappa shape index (κ3) is 4.96. The molecule has 0 heterocycles. The normalized spacial score (nSPS) is 12.5. The first-order valence-corrected chi connectivity index (χ1v) is 9.09. The smallest absolute Gasteiger partial charge is 0.399 e. The number of anilines is 1. The number of benzene rings is 2. The largest absolute Gasteiger partial charge is 0.511 e. The third-order valence-electron chi connectivity index (χ3n) is 3.81. The van der Waals surface area contributed by atoms with Gasteiger partial charge in [-0.2, -0.15) is 17.5 Å². The van der Waals surface area contributed by atoms with Crippen molar-refractivity contribution in [1.82, 2.24) is 4.31 Å². The Balaban J connectivity index is 2.16. The number of para-hydroxylation sites is 1. The lowest BCUT2D eigenvalue weighted by atomic mass is 10.1. The van der Waals surface area contributed by atoms with Gasteiger partial charge in [0.15, 0.2) is 0 Å². The van der Waals surface area contributed by atoms with Gasteiger partial charge >= 0.3 is 15.5 Å². The molecule has 0 radical (unpaired) electrons. The van der Waals surface area contributed by atoms with Crippen molar-refractivity contribution >= 4 is 15.7 Å². The summed E-state index contributed by atoms with van der Waals surface area (Å²) in [5, 5.41) is 0. The van der Waals surface area contributed by atoms with Gasteiger partial charge in [0.05, 0.1) is 0 Å². The van der Waals surface area contributed by atoms with Crippen LogP contribution >= 0.6 is 0 Å². The maximum absolute atomic E-state index is 13.0. The highest BCUT2D eigenvalue weighted by Crippen LogP contribution is 2.27. The summed E-state index contributed by atoms with van der Waals surface area (Å²) in [7, 11) is -5.40. The van der Waals surface area contributed by atoms with Crippen LogP contribution in [-0.2, 0) is 22.9 Å². The third-order valence-corrected chi connectivity index (χ3v) is 5.44. The number of hydrogen-bond donors (Lipinski definition) is 1. The Morgan fingerprint density at radius 2 is 1.44 bits per heavy atom. The molecule has 25 heavy (non-hydrogen) atoms. The molecule has 0 aromatic heterocycles. The molecule has 0 spiro atoms. The van der Waals surface area contributed by atoms with E-state index in [4.69, 9.17) is 5.73 Å². The standard InChI is InChI=1S/C17H19F3N2O2S/c18-17(19,20)25(23,24)22(12-10-14-6-2-1-3-7-14)13-11-15-8-4-5-9-16(15)21/h1-9H,10-13,21H2. The van der Waals surface area contributed by atoms with Crippen LogP contribution in [0.2, 0.25) is 0 Å². The highest BCUT2D eigenvalue weighted by Gasteiger charge is 2.49. The Morgan fingerprint density at radius 1 is 0.880 bits per heavy atom. The molecule has 0 fully saturated rings. The molecule has 0 unspecified atom stereocenters. The number of sulfonamides is 1. The molecule has 8 heteroatoms. The van der Waals surface area contributed by atoms with Crippen LogP contribution in [0.15, 0.2) is 54.6 Å². The fourth-order valence-electron chi connectivity index (χ4n) is 2.40. The summed E-state index contributed by atoms with van der Waals surface area (Å²) in [6.45, 7) is -0.540. The van der Waals surface area contributed by atoms with Crippen molar-refractivity contribution in [3.05, 3.63) is 65.7 Å². The van der Waals surface area contributed by atoms with E-state index < -0.39 is 15.5 Å². The molecule has 0 bridgehead atoms. The van der Waals surface area contributed by atoms with Crippen molar-refractivity contribution in [2.45, 2.75) is 18.3 Å². The lowest BCUT2D eigenvalue weighted by molar-refractivity contribution is -0.0488. The fraction of sp³-hybridized carbons (Fsp3) is 0.294. The van der Waals surface area contributed by atoms with Crippen LogP contribution in [0.25, 0.3) is 0 Å². The molecule has 0 aliphatic heterocycles. The van der Waals surface area contributed by atoms with Gasteiger partial charge < -0.3 is 5.73 Å². The second kappa shape index (κ2) is 7.88. The minimum atomic E-state index is -5.40. The molecule has 0 atom stereocenters. The van der Waals surface area contributed by atoms with E-state index in [-0.39, 0.29) is 25.9 Å². The summed E-state index contributed by atoms with van der Waals surface area (Å²) < 4.78 is 63.1. The summed E-state index contributed by atoms with van der Waals surface area (Å²) in [6.07, 6.45) is 0.303. The first-order chi connectivity index (χ1) is 11.7. The zero-order valence-corrected chi connectivity index (χ0v) is 14.2. The van der Waals surface area contributed by atoms with Crippen LogP contribution in [-0.4, -0.2) is 31.3 Å². The Bertz CT molecular complexity index is 793. The van der Waals surface area contributed by atoms with Gasteiger partial charge in [0.2, 0.25) is 0 Å². The molecule has 136 valence electrons. The molecule has 2 aromatic rings. The number of hydrogen-bond acceptors (Lipinski definition) is 3. The van der Waals surface area contributed by atoms with E-state index >= 15 is 0 Å². The van der Waals surface area contributed by atoms with E-state index in [1.807, 2.05) is 0 Å². The van der Waals surface area contributed by atoms with Crippen molar-refractivity contribution in [3.8, 4) is 0 Å².